The molecule has 33 heavy (non-hydrogen) atoms. The van der Waals surface area contributed by atoms with E-state index in [1.165, 1.54) is 12.6 Å². The van der Waals surface area contributed by atoms with Gasteiger partial charge in [-0.15, -0.1) is 10.2 Å². The molecular weight excluding hydrogens is 462 g/mol. The van der Waals surface area contributed by atoms with Gasteiger partial charge in [0.1, 0.15) is 5.75 Å². The Bertz CT molecular complexity index is 1160. The maximum Gasteiger partial charge on any atom is 0.321 e. The Morgan fingerprint density at radius 3 is 2.39 bits per heavy atom. The van der Waals surface area contributed by atoms with Gasteiger partial charge in [0.15, 0.2) is 11.0 Å². The second-order valence-corrected chi connectivity index (χ2v) is 9.55. The summed E-state index contributed by atoms with van der Waals surface area (Å²) >= 11 is 7.54. The minimum atomic E-state index is -0.566. The number of carbonyl (C=O) groups excluding carboxylic acids is 2. The first-order chi connectivity index (χ1) is 15.6. The second-order valence-electron chi connectivity index (χ2n) is 8.20. The summed E-state index contributed by atoms with van der Waals surface area (Å²) in [5.41, 5.74) is 2.80. The predicted molar refractivity (Wildman–Crippen MR) is 130 cm³/mol. The minimum absolute atomic E-state index is 0.0155. The topological polar surface area (TPSA) is 98.1 Å². The number of halogens is 1. The van der Waals surface area contributed by atoms with Crippen LogP contribution < -0.4 is 15.4 Å². The Morgan fingerprint density at radius 1 is 1.12 bits per heavy atom. The lowest BCUT2D eigenvalue weighted by molar-refractivity contribution is -0.117. The molecule has 174 valence electrons. The quantitative estimate of drug-likeness (QED) is 0.499. The van der Waals surface area contributed by atoms with Gasteiger partial charge in [-0.1, -0.05) is 68.4 Å². The second kappa shape index (κ2) is 10.3. The molecule has 0 bridgehead atoms. The Kier molecular flexibility index (Phi) is 7.65. The van der Waals surface area contributed by atoms with Crippen LogP contribution in [0.25, 0.3) is 17.1 Å². The van der Waals surface area contributed by atoms with E-state index in [0.29, 0.717) is 21.8 Å². The number of rotatable bonds is 6. The van der Waals surface area contributed by atoms with Crippen molar-refractivity contribution in [2.75, 3.05) is 19.9 Å². The van der Waals surface area contributed by atoms with Gasteiger partial charge in [0, 0.05) is 12.6 Å². The Labute approximate surface area is 202 Å². The number of nitrogens with zero attached hydrogens (tertiary/aromatic N) is 3. The van der Waals surface area contributed by atoms with Crippen LogP contribution in [-0.2, 0) is 10.2 Å². The van der Waals surface area contributed by atoms with Crippen LogP contribution in [0.15, 0.2) is 47.6 Å². The molecule has 3 amide bonds. The summed E-state index contributed by atoms with van der Waals surface area (Å²) in [6.45, 7) is 6.47. The van der Waals surface area contributed by atoms with Gasteiger partial charge >= 0.3 is 6.03 Å². The van der Waals surface area contributed by atoms with Gasteiger partial charge in [0.25, 0.3) is 0 Å². The molecule has 0 unspecified atom stereocenters. The number of hydrogen-bond donors (Lipinski definition) is 2. The maximum absolute atomic E-state index is 12.1. The lowest BCUT2D eigenvalue weighted by atomic mass is 9.87. The Morgan fingerprint density at radius 2 is 1.82 bits per heavy atom. The summed E-state index contributed by atoms with van der Waals surface area (Å²) in [6.07, 6.45) is 0. The molecule has 3 rings (SSSR count). The zero-order valence-corrected chi connectivity index (χ0v) is 20.7. The molecule has 10 heteroatoms. The van der Waals surface area contributed by atoms with Crippen molar-refractivity contribution in [1.82, 2.24) is 25.4 Å². The van der Waals surface area contributed by atoms with E-state index in [-0.39, 0.29) is 11.2 Å². The first-order valence-corrected chi connectivity index (χ1v) is 11.5. The molecule has 0 aliphatic rings. The number of ether oxygens (including phenoxy) is 1. The van der Waals surface area contributed by atoms with Crippen molar-refractivity contribution in [3.8, 4) is 22.8 Å². The molecule has 1 aromatic heterocycles. The zero-order chi connectivity index (χ0) is 24.2. The summed E-state index contributed by atoms with van der Waals surface area (Å²) in [4.78, 5) is 23.5. The van der Waals surface area contributed by atoms with E-state index in [4.69, 9.17) is 16.3 Å². The first-order valence-electron chi connectivity index (χ1n) is 10.2. The SMILES string of the molecule is CNC(=O)NC(=O)CSc1nnc(-c2ccc(C(C)(C)C)cc2)n1-c1ccc(OC)c(Cl)c1. The van der Waals surface area contributed by atoms with Crippen LogP contribution in [0.4, 0.5) is 4.79 Å². The number of methoxy groups -OCH3 is 1. The van der Waals surface area contributed by atoms with E-state index in [1.807, 2.05) is 22.8 Å². The molecule has 0 aliphatic carbocycles. The van der Waals surface area contributed by atoms with Gasteiger partial charge in [0.2, 0.25) is 5.91 Å². The average Bonchev–Trinajstić information content (AvgIpc) is 3.21. The van der Waals surface area contributed by atoms with Crippen molar-refractivity contribution < 1.29 is 14.3 Å². The fraction of sp³-hybridized carbons (Fsp3) is 0.304. The van der Waals surface area contributed by atoms with Crippen LogP contribution in [-0.4, -0.2) is 46.6 Å². The van der Waals surface area contributed by atoms with Crippen molar-refractivity contribution in [2.45, 2.75) is 31.3 Å². The van der Waals surface area contributed by atoms with Crippen LogP contribution in [0, 0.1) is 0 Å². The summed E-state index contributed by atoms with van der Waals surface area (Å²) in [5, 5.41) is 14.2. The summed E-state index contributed by atoms with van der Waals surface area (Å²) < 4.78 is 7.09. The van der Waals surface area contributed by atoms with Crippen molar-refractivity contribution in [2.24, 2.45) is 0 Å². The standard InChI is InChI=1S/C23H26ClN5O3S/c1-23(2,3)15-8-6-14(7-9-15)20-27-28-22(33-13-19(30)26-21(31)25-4)29(20)16-10-11-18(32-5)17(24)12-16/h6-12H,13H2,1-5H3,(H2,25,26,30,31). The van der Waals surface area contributed by atoms with E-state index < -0.39 is 11.9 Å². The minimum Gasteiger partial charge on any atom is -0.495 e. The molecule has 0 atom stereocenters. The summed E-state index contributed by atoms with van der Waals surface area (Å²) in [6, 6.07) is 12.9. The molecule has 0 radical (unpaired) electrons. The van der Waals surface area contributed by atoms with E-state index >= 15 is 0 Å². The van der Waals surface area contributed by atoms with Crippen molar-refractivity contribution in [3.05, 3.63) is 53.1 Å². The highest BCUT2D eigenvalue weighted by Crippen LogP contribution is 2.33. The molecular formula is C23H26ClN5O3S. The van der Waals surface area contributed by atoms with Gasteiger partial charge in [-0.3, -0.25) is 14.7 Å². The van der Waals surface area contributed by atoms with E-state index in [2.05, 4.69) is 53.7 Å². The molecule has 0 spiro atoms. The van der Waals surface area contributed by atoms with Crippen molar-refractivity contribution in [1.29, 1.82) is 0 Å². The smallest absolute Gasteiger partial charge is 0.321 e. The van der Waals surface area contributed by atoms with Gasteiger partial charge in [-0.25, -0.2) is 4.79 Å². The van der Waals surface area contributed by atoms with Crippen LogP contribution in [0.3, 0.4) is 0 Å². The van der Waals surface area contributed by atoms with Crippen molar-refractivity contribution >= 4 is 35.3 Å². The van der Waals surface area contributed by atoms with Crippen LogP contribution in [0.1, 0.15) is 26.3 Å². The molecule has 0 fully saturated rings. The molecule has 0 saturated heterocycles. The van der Waals surface area contributed by atoms with Crippen molar-refractivity contribution in [3.63, 3.8) is 0 Å². The van der Waals surface area contributed by atoms with E-state index in [0.717, 1.165) is 23.0 Å². The molecule has 2 N–H and O–H groups in total. The first kappa shape index (κ1) is 24.6. The van der Waals surface area contributed by atoms with Gasteiger partial charge < -0.3 is 10.1 Å². The zero-order valence-electron chi connectivity index (χ0n) is 19.1. The number of amides is 3. The van der Waals surface area contributed by atoms with E-state index in [1.54, 1.807) is 19.2 Å². The molecule has 0 saturated carbocycles. The summed E-state index contributed by atoms with van der Waals surface area (Å²) in [5.74, 6) is 0.686. The van der Waals surface area contributed by atoms with Gasteiger partial charge in [-0.2, -0.15) is 0 Å². The molecule has 2 aromatic carbocycles. The third-order valence-electron chi connectivity index (χ3n) is 4.85. The lowest BCUT2D eigenvalue weighted by Crippen LogP contribution is -2.38. The third-order valence-corrected chi connectivity index (χ3v) is 6.07. The van der Waals surface area contributed by atoms with Gasteiger partial charge in [0.05, 0.1) is 23.6 Å². The summed E-state index contributed by atoms with van der Waals surface area (Å²) in [7, 11) is 2.99. The number of carbonyl (C=O) groups is 2. The number of benzene rings is 2. The highest BCUT2D eigenvalue weighted by Gasteiger charge is 2.20. The lowest BCUT2D eigenvalue weighted by Gasteiger charge is -2.19. The van der Waals surface area contributed by atoms with Gasteiger partial charge in [-0.05, 0) is 29.2 Å². The average molecular weight is 488 g/mol. The van der Waals surface area contributed by atoms with Crippen LogP contribution in [0.2, 0.25) is 5.02 Å². The Balaban J connectivity index is 2.01. The number of urea groups is 1. The normalized spacial score (nSPS) is 11.2. The van der Waals surface area contributed by atoms with Crippen LogP contribution in [0.5, 0.6) is 5.75 Å². The monoisotopic (exact) mass is 487 g/mol. The Hall–Kier alpha value is -3.04. The number of hydrogen-bond acceptors (Lipinski definition) is 6. The van der Waals surface area contributed by atoms with E-state index in [9.17, 15) is 9.59 Å². The number of nitrogens with one attached hydrogen (secondary N) is 2. The maximum atomic E-state index is 12.1. The highest BCUT2D eigenvalue weighted by molar-refractivity contribution is 7.99. The molecule has 0 aliphatic heterocycles. The molecule has 3 aromatic rings. The number of imide groups is 1. The number of aromatic nitrogens is 3. The fourth-order valence-corrected chi connectivity index (χ4v) is 4.06. The predicted octanol–water partition coefficient (Wildman–Crippen LogP) is 4.44. The van der Waals surface area contributed by atoms with Crippen LogP contribution >= 0.6 is 23.4 Å². The highest BCUT2D eigenvalue weighted by atomic mass is 35.5. The number of thioether (sulfide) groups is 1. The molecule has 8 nitrogen and oxygen atoms in total. The largest absolute Gasteiger partial charge is 0.495 e. The molecule has 1 heterocycles. The fourth-order valence-electron chi connectivity index (χ4n) is 3.05. The third kappa shape index (κ3) is 5.85.